The van der Waals surface area contributed by atoms with Crippen LogP contribution in [0.25, 0.3) is 0 Å². The summed E-state index contributed by atoms with van der Waals surface area (Å²) in [6.07, 6.45) is 3.73. The van der Waals surface area contributed by atoms with Crippen LogP contribution in [0.15, 0.2) is 0 Å². The maximum Gasteiger partial charge on any atom is 0.237 e. The van der Waals surface area contributed by atoms with Crippen molar-refractivity contribution in [2.24, 2.45) is 0 Å². The van der Waals surface area contributed by atoms with Crippen molar-refractivity contribution < 1.29 is 4.79 Å². The van der Waals surface area contributed by atoms with Crippen LogP contribution in [0.2, 0.25) is 0 Å². The molecule has 1 aliphatic heterocycles. The van der Waals surface area contributed by atoms with Crippen molar-refractivity contribution in [2.75, 3.05) is 20.6 Å². The Kier molecular flexibility index (Phi) is 4.54. The van der Waals surface area contributed by atoms with Gasteiger partial charge in [0.1, 0.15) is 0 Å². The summed E-state index contributed by atoms with van der Waals surface area (Å²) < 4.78 is 0. The minimum atomic E-state index is 0.125. The Morgan fingerprint density at radius 1 is 1.33 bits per heavy atom. The van der Waals surface area contributed by atoms with E-state index in [-0.39, 0.29) is 5.91 Å². The second-order valence-corrected chi connectivity index (χ2v) is 4.66. The lowest BCUT2D eigenvalue weighted by Gasteiger charge is -2.39. The third-order valence-corrected chi connectivity index (χ3v) is 3.11. The van der Waals surface area contributed by atoms with Gasteiger partial charge in [0, 0.05) is 26.2 Å². The molecule has 1 rings (SSSR count). The smallest absolute Gasteiger partial charge is 0.237 e. The average Bonchev–Trinajstić information content (AvgIpc) is 2.16. The van der Waals surface area contributed by atoms with Crippen molar-refractivity contribution in [2.45, 2.75) is 45.2 Å². The molecule has 0 radical (unpaired) electrons. The predicted octanol–water partition coefficient (Wildman–Crippen LogP) is 0.842. The second-order valence-electron chi connectivity index (χ2n) is 4.66. The van der Waals surface area contributed by atoms with E-state index in [1.54, 1.807) is 19.0 Å². The Morgan fingerprint density at radius 2 is 1.87 bits per heavy atom. The Morgan fingerprint density at radius 3 is 2.33 bits per heavy atom. The van der Waals surface area contributed by atoms with Crippen molar-refractivity contribution in [1.29, 1.82) is 0 Å². The molecule has 0 saturated carbocycles. The third-order valence-electron chi connectivity index (χ3n) is 3.11. The van der Waals surface area contributed by atoms with E-state index >= 15 is 0 Å². The topological polar surface area (TPSA) is 35.6 Å². The van der Waals surface area contributed by atoms with Crippen LogP contribution >= 0.6 is 0 Å². The number of carbonyl (C=O) groups excluding carboxylic acids is 1. The van der Waals surface area contributed by atoms with Gasteiger partial charge < -0.3 is 4.90 Å². The number of hydrazine groups is 1. The van der Waals surface area contributed by atoms with Crippen LogP contribution in [0.1, 0.15) is 33.1 Å². The molecule has 0 aromatic heterocycles. The number of carbonyl (C=O) groups is 1. The first-order chi connectivity index (χ1) is 7.02. The first kappa shape index (κ1) is 12.5. The van der Waals surface area contributed by atoms with Crippen molar-refractivity contribution >= 4 is 5.91 Å². The van der Waals surface area contributed by atoms with Gasteiger partial charge in [-0.3, -0.25) is 4.79 Å². The van der Waals surface area contributed by atoms with Crippen LogP contribution in [0.5, 0.6) is 0 Å². The molecule has 1 aliphatic rings. The highest BCUT2D eigenvalue weighted by Gasteiger charge is 2.24. The lowest BCUT2D eigenvalue weighted by molar-refractivity contribution is -0.129. The highest BCUT2D eigenvalue weighted by atomic mass is 16.2. The predicted molar refractivity (Wildman–Crippen MR) is 61.3 cm³/mol. The zero-order valence-electron chi connectivity index (χ0n) is 10.3. The summed E-state index contributed by atoms with van der Waals surface area (Å²) in [4.78, 5) is 13.1. The molecule has 0 aromatic rings. The fourth-order valence-corrected chi connectivity index (χ4v) is 2.05. The molecule has 4 heteroatoms. The van der Waals surface area contributed by atoms with E-state index in [1.807, 2.05) is 0 Å². The molecular weight excluding hydrogens is 190 g/mol. The molecule has 88 valence electrons. The Labute approximate surface area is 92.6 Å². The van der Waals surface area contributed by atoms with Gasteiger partial charge in [0.2, 0.25) is 5.91 Å². The Hall–Kier alpha value is -0.610. The molecule has 1 N–H and O–H groups in total. The van der Waals surface area contributed by atoms with Crippen molar-refractivity contribution in [3.8, 4) is 0 Å². The Bertz CT molecular complexity index is 208. The van der Waals surface area contributed by atoms with Crippen molar-refractivity contribution in [1.82, 2.24) is 15.3 Å². The molecule has 15 heavy (non-hydrogen) atoms. The number of rotatable bonds is 3. The monoisotopic (exact) mass is 213 g/mol. The molecular formula is C11H23N3O. The molecule has 0 aliphatic carbocycles. The third kappa shape index (κ3) is 3.47. The van der Waals surface area contributed by atoms with Gasteiger partial charge >= 0.3 is 0 Å². The van der Waals surface area contributed by atoms with Gasteiger partial charge in [-0.05, 0) is 26.7 Å². The van der Waals surface area contributed by atoms with Crippen LogP contribution in [0, 0.1) is 0 Å². The normalized spacial score (nSPS) is 27.7. The highest BCUT2D eigenvalue weighted by molar-refractivity contribution is 5.77. The summed E-state index contributed by atoms with van der Waals surface area (Å²) in [5.74, 6) is 0.125. The largest absolute Gasteiger partial charge is 0.348 e. The molecule has 0 spiro atoms. The van der Waals surface area contributed by atoms with Crippen LogP contribution in [0.3, 0.4) is 0 Å². The van der Waals surface area contributed by atoms with Crippen LogP contribution in [-0.2, 0) is 4.79 Å². The highest BCUT2D eigenvalue weighted by Crippen LogP contribution is 2.19. The minimum absolute atomic E-state index is 0.125. The maximum absolute atomic E-state index is 11.4. The molecule has 0 aromatic carbocycles. The van der Waals surface area contributed by atoms with Gasteiger partial charge in [-0.25, -0.2) is 10.4 Å². The molecule has 1 heterocycles. The number of nitrogens with zero attached hydrogens (tertiary/aromatic N) is 2. The van der Waals surface area contributed by atoms with Crippen LogP contribution in [0.4, 0.5) is 0 Å². The zero-order valence-corrected chi connectivity index (χ0v) is 10.3. The van der Waals surface area contributed by atoms with E-state index in [4.69, 9.17) is 0 Å². The SMILES string of the molecule is CC1CCCC(C)N1NCC(=O)N(C)C. The number of hydrogen-bond donors (Lipinski definition) is 1. The zero-order chi connectivity index (χ0) is 11.4. The van der Waals surface area contributed by atoms with E-state index in [0.717, 1.165) is 0 Å². The first-order valence-corrected chi connectivity index (χ1v) is 5.74. The van der Waals surface area contributed by atoms with Crippen molar-refractivity contribution in [3.63, 3.8) is 0 Å². The molecule has 1 saturated heterocycles. The number of nitrogens with one attached hydrogen (secondary N) is 1. The maximum atomic E-state index is 11.4. The van der Waals surface area contributed by atoms with Crippen LogP contribution < -0.4 is 5.43 Å². The van der Waals surface area contributed by atoms with E-state index in [0.29, 0.717) is 18.6 Å². The first-order valence-electron chi connectivity index (χ1n) is 5.74. The number of hydrogen-bond acceptors (Lipinski definition) is 3. The minimum Gasteiger partial charge on any atom is -0.348 e. The molecule has 2 unspecified atom stereocenters. The Balaban J connectivity index is 2.38. The average molecular weight is 213 g/mol. The van der Waals surface area contributed by atoms with Gasteiger partial charge in [0.25, 0.3) is 0 Å². The molecule has 1 amide bonds. The molecule has 2 atom stereocenters. The van der Waals surface area contributed by atoms with Gasteiger partial charge in [-0.1, -0.05) is 6.42 Å². The standard InChI is InChI=1S/C11H23N3O/c1-9-6-5-7-10(2)14(9)12-8-11(15)13(3)4/h9-10,12H,5-8H2,1-4H3. The number of likely N-dealkylation sites (N-methyl/N-ethyl adjacent to an activating group) is 1. The molecule has 0 bridgehead atoms. The number of piperidine rings is 1. The summed E-state index contributed by atoms with van der Waals surface area (Å²) in [7, 11) is 3.57. The van der Waals surface area contributed by atoms with Gasteiger partial charge in [0.15, 0.2) is 0 Å². The van der Waals surface area contributed by atoms with Gasteiger partial charge in [-0.15, -0.1) is 0 Å². The quantitative estimate of drug-likeness (QED) is 0.754. The van der Waals surface area contributed by atoms with E-state index in [2.05, 4.69) is 24.3 Å². The number of amides is 1. The summed E-state index contributed by atoms with van der Waals surface area (Å²) in [6, 6.07) is 1.06. The van der Waals surface area contributed by atoms with Crippen LogP contribution in [-0.4, -0.2) is 48.5 Å². The second kappa shape index (κ2) is 5.47. The van der Waals surface area contributed by atoms with E-state index < -0.39 is 0 Å². The summed E-state index contributed by atoms with van der Waals surface area (Å²) in [5, 5.41) is 2.23. The molecule has 4 nitrogen and oxygen atoms in total. The van der Waals surface area contributed by atoms with Crippen molar-refractivity contribution in [3.05, 3.63) is 0 Å². The lowest BCUT2D eigenvalue weighted by atomic mass is 10.00. The fourth-order valence-electron chi connectivity index (χ4n) is 2.05. The summed E-state index contributed by atoms with van der Waals surface area (Å²) in [6.45, 7) is 4.83. The van der Waals surface area contributed by atoms with E-state index in [9.17, 15) is 4.79 Å². The summed E-state index contributed by atoms with van der Waals surface area (Å²) >= 11 is 0. The lowest BCUT2D eigenvalue weighted by Crippen LogP contribution is -2.54. The summed E-state index contributed by atoms with van der Waals surface area (Å²) in [5.41, 5.74) is 3.24. The molecule has 1 fully saturated rings. The fraction of sp³-hybridized carbons (Fsp3) is 0.909. The van der Waals surface area contributed by atoms with E-state index in [1.165, 1.54) is 19.3 Å². The van der Waals surface area contributed by atoms with Gasteiger partial charge in [-0.2, -0.15) is 0 Å². The van der Waals surface area contributed by atoms with Gasteiger partial charge in [0.05, 0.1) is 6.54 Å².